The molecule has 1 amide bonds. The average molecular weight is 250 g/mol. The number of hydrogen-bond acceptors (Lipinski definition) is 1. The lowest BCUT2D eigenvalue weighted by atomic mass is 9.86. The summed E-state index contributed by atoms with van der Waals surface area (Å²) in [4.78, 5) is 11.8. The van der Waals surface area contributed by atoms with E-state index in [1.165, 1.54) is 19.3 Å². The summed E-state index contributed by atoms with van der Waals surface area (Å²) < 4.78 is -0.790. The molecule has 0 spiro atoms. The van der Waals surface area contributed by atoms with Gasteiger partial charge >= 0.3 is 0 Å². The number of hydrogen-bond donors (Lipinski definition) is 1. The van der Waals surface area contributed by atoms with Crippen LogP contribution in [0.5, 0.6) is 0 Å². The first-order valence-corrected chi connectivity index (χ1v) is 6.44. The summed E-state index contributed by atoms with van der Waals surface area (Å²) in [5.41, 5.74) is 0. The van der Waals surface area contributed by atoms with Crippen molar-refractivity contribution in [2.75, 3.05) is 0 Å². The zero-order valence-electron chi connectivity index (χ0n) is 8.93. The Morgan fingerprint density at radius 3 is 2.47 bits per heavy atom. The minimum Gasteiger partial charge on any atom is -0.353 e. The summed E-state index contributed by atoms with van der Waals surface area (Å²) in [5.74, 6) is 0.440. The van der Waals surface area contributed by atoms with Gasteiger partial charge < -0.3 is 5.32 Å². The minimum absolute atomic E-state index is 0.0405. The molecule has 2 nitrogen and oxygen atoms in total. The van der Waals surface area contributed by atoms with Gasteiger partial charge in [0.2, 0.25) is 5.91 Å². The molecule has 2 fully saturated rings. The number of nitrogens with one attached hydrogen (secondary N) is 1. The second-order valence-electron chi connectivity index (χ2n) is 4.89. The first-order valence-electron chi connectivity index (χ1n) is 5.69. The number of amides is 1. The van der Waals surface area contributed by atoms with Crippen molar-refractivity contribution in [1.29, 1.82) is 0 Å². The van der Waals surface area contributed by atoms with Crippen LogP contribution in [0.25, 0.3) is 0 Å². The molecule has 3 atom stereocenters. The molecule has 3 unspecified atom stereocenters. The van der Waals surface area contributed by atoms with Crippen molar-refractivity contribution in [3.8, 4) is 0 Å². The van der Waals surface area contributed by atoms with Crippen LogP contribution in [0.4, 0.5) is 0 Å². The quantitative estimate of drug-likeness (QED) is 0.750. The van der Waals surface area contributed by atoms with Gasteiger partial charge in [0.15, 0.2) is 0 Å². The van der Waals surface area contributed by atoms with Crippen molar-refractivity contribution in [2.45, 2.75) is 49.4 Å². The number of halogens is 2. The second-order valence-corrected chi connectivity index (χ2v) is 6.44. The van der Waals surface area contributed by atoms with Crippen molar-refractivity contribution in [3.05, 3.63) is 0 Å². The molecule has 2 saturated carbocycles. The second kappa shape index (κ2) is 4.14. The molecule has 0 bridgehead atoms. The van der Waals surface area contributed by atoms with Crippen LogP contribution in [0.3, 0.4) is 0 Å². The fourth-order valence-corrected chi connectivity index (χ4v) is 2.82. The van der Waals surface area contributed by atoms with E-state index in [9.17, 15) is 4.79 Å². The van der Waals surface area contributed by atoms with Crippen LogP contribution in [0, 0.1) is 11.8 Å². The molecular formula is C11H17Cl2NO. The van der Waals surface area contributed by atoms with Crippen molar-refractivity contribution < 1.29 is 4.79 Å². The highest BCUT2D eigenvalue weighted by Gasteiger charge is 2.56. The van der Waals surface area contributed by atoms with E-state index in [1.807, 2.05) is 0 Å². The smallest absolute Gasteiger partial charge is 0.226 e. The van der Waals surface area contributed by atoms with E-state index in [0.29, 0.717) is 18.4 Å². The maximum Gasteiger partial charge on any atom is 0.226 e. The maximum atomic E-state index is 11.8. The SMILES string of the molecule is CC1CCCCC1NC(=O)C1CC1(Cl)Cl. The Morgan fingerprint density at radius 2 is 1.93 bits per heavy atom. The van der Waals surface area contributed by atoms with Crippen molar-refractivity contribution in [2.24, 2.45) is 11.8 Å². The molecule has 0 aliphatic heterocycles. The van der Waals surface area contributed by atoms with E-state index in [1.54, 1.807) is 0 Å². The average Bonchev–Trinajstić information content (AvgIpc) is 2.79. The molecule has 86 valence electrons. The molecule has 1 N–H and O–H groups in total. The Bertz CT molecular complexity index is 267. The third-order valence-electron chi connectivity index (χ3n) is 3.58. The highest BCUT2D eigenvalue weighted by molar-refractivity contribution is 6.52. The van der Waals surface area contributed by atoms with Crippen LogP contribution in [0.2, 0.25) is 0 Å². The summed E-state index contributed by atoms with van der Waals surface area (Å²) >= 11 is 11.7. The van der Waals surface area contributed by atoms with Gasteiger partial charge in [-0.3, -0.25) is 4.79 Å². The van der Waals surface area contributed by atoms with E-state index < -0.39 is 4.33 Å². The lowest BCUT2D eigenvalue weighted by Gasteiger charge is -2.29. The van der Waals surface area contributed by atoms with E-state index in [0.717, 1.165) is 6.42 Å². The lowest BCUT2D eigenvalue weighted by molar-refractivity contribution is -0.123. The van der Waals surface area contributed by atoms with Crippen LogP contribution in [0.1, 0.15) is 39.0 Å². The number of carbonyl (C=O) groups is 1. The largest absolute Gasteiger partial charge is 0.353 e. The molecule has 2 aliphatic carbocycles. The maximum absolute atomic E-state index is 11.8. The Morgan fingerprint density at radius 1 is 1.33 bits per heavy atom. The van der Waals surface area contributed by atoms with Gasteiger partial charge in [0.25, 0.3) is 0 Å². The predicted octanol–water partition coefficient (Wildman–Crippen LogP) is 2.88. The van der Waals surface area contributed by atoms with E-state index in [2.05, 4.69) is 12.2 Å². The van der Waals surface area contributed by atoms with Gasteiger partial charge in [-0.05, 0) is 25.2 Å². The van der Waals surface area contributed by atoms with E-state index in [-0.39, 0.29) is 11.8 Å². The Balaban J connectivity index is 1.83. The molecule has 2 aliphatic rings. The summed E-state index contributed by atoms with van der Waals surface area (Å²) in [6.45, 7) is 2.20. The fourth-order valence-electron chi connectivity index (χ4n) is 2.31. The van der Waals surface area contributed by atoms with E-state index in [4.69, 9.17) is 23.2 Å². The Labute approximate surface area is 101 Å². The van der Waals surface area contributed by atoms with E-state index >= 15 is 0 Å². The van der Waals surface area contributed by atoms with Crippen LogP contribution in [-0.4, -0.2) is 16.3 Å². The summed E-state index contributed by atoms with van der Waals surface area (Å²) in [6, 6.07) is 0.330. The van der Waals surface area contributed by atoms with Gasteiger partial charge in [0.1, 0.15) is 4.33 Å². The third kappa shape index (κ3) is 2.59. The molecule has 0 aromatic carbocycles. The number of alkyl halides is 2. The fraction of sp³-hybridized carbons (Fsp3) is 0.909. The molecular weight excluding hydrogens is 233 g/mol. The predicted molar refractivity (Wildman–Crippen MR) is 62.1 cm³/mol. The normalized spacial score (nSPS) is 38.5. The molecule has 0 aromatic heterocycles. The van der Waals surface area contributed by atoms with Gasteiger partial charge in [-0.2, -0.15) is 0 Å². The van der Waals surface area contributed by atoms with Gasteiger partial charge in [-0.15, -0.1) is 23.2 Å². The molecule has 2 rings (SSSR count). The summed E-state index contributed by atoms with van der Waals surface area (Å²) in [5, 5.41) is 3.08. The monoisotopic (exact) mass is 249 g/mol. The molecule has 15 heavy (non-hydrogen) atoms. The highest BCUT2D eigenvalue weighted by Crippen LogP contribution is 2.53. The first kappa shape index (κ1) is 11.5. The van der Waals surface area contributed by atoms with Crippen LogP contribution < -0.4 is 5.32 Å². The summed E-state index contributed by atoms with van der Waals surface area (Å²) in [7, 11) is 0. The zero-order chi connectivity index (χ0) is 11.1. The molecule has 0 aromatic rings. The minimum atomic E-state index is -0.790. The molecule has 4 heteroatoms. The topological polar surface area (TPSA) is 29.1 Å². The highest BCUT2D eigenvalue weighted by atomic mass is 35.5. The van der Waals surface area contributed by atoms with Crippen molar-refractivity contribution in [3.63, 3.8) is 0 Å². The van der Waals surface area contributed by atoms with Crippen molar-refractivity contribution >= 4 is 29.1 Å². The van der Waals surface area contributed by atoms with Gasteiger partial charge in [0, 0.05) is 6.04 Å². The Hall–Kier alpha value is 0.0500. The zero-order valence-corrected chi connectivity index (χ0v) is 10.4. The van der Waals surface area contributed by atoms with Crippen molar-refractivity contribution in [1.82, 2.24) is 5.32 Å². The number of carbonyl (C=O) groups excluding carboxylic acids is 1. The molecule has 0 heterocycles. The summed E-state index contributed by atoms with van der Waals surface area (Å²) in [6.07, 6.45) is 5.40. The molecule has 0 saturated heterocycles. The Kier molecular flexibility index (Phi) is 3.18. The van der Waals surface area contributed by atoms with Gasteiger partial charge in [0.05, 0.1) is 5.92 Å². The third-order valence-corrected chi connectivity index (χ3v) is 4.42. The molecule has 0 radical (unpaired) electrons. The lowest BCUT2D eigenvalue weighted by Crippen LogP contribution is -2.42. The van der Waals surface area contributed by atoms with Crippen LogP contribution >= 0.6 is 23.2 Å². The number of rotatable bonds is 2. The standard InChI is InChI=1S/C11H17Cl2NO/c1-7-4-2-3-5-9(7)14-10(15)8-6-11(8,12)13/h7-9H,2-6H2,1H3,(H,14,15). The van der Waals surface area contributed by atoms with Crippen LogP contribution in [-0.2, 0) is 4.79 Å². The van der Waals surface area contributed by atoms with Gasteiger partial charge in [-0.1, -0.05) is 19.8 Å². The first-order chi connectivity index (χ1) is 7.00. The van der Waals surface area contributed by atoms with Gasteiger partial charge in [-0.25, -0.2) is 0 Å². The van der Waals surface area contributed by atoms with Crippen LogP contribution in [0.15, 0.2) is 0 Å².